The summed E-state index contributed by atoms with van der Waals surface area (Å²) in [6.07, 6.45) is 2.71. The Morgan fingerprint density at radius 1 is 1.10 bits per heavy atom. The van der Waals surface area contributed by atoms with Gasteiger partial charge in [0.15, 0.2) is 0 Å². The Bertz CT molecular complexity index is 869. The maximum absolute atomic E-state index is 12.4. The third kappa shape index (κ3) is 6.29. The molecule has 0 radical (unpaired) electrons. The predicted octanol–water partition coefficient (Wildman–Crippen LogP) is 4.80. The van der Waals surface area contributed by atoms with Gasteiger partial charge >= 0.3 is 12.1 Å². The van der Waals surface area contributed by atoms with Crippen LogP contribution in [-0.2, 0) is 0 Å². The van der Waals surface area contributed by atoms with Crippen LogP contribution in [0, 0.1) is 5.92 Å². The lowest BCUT2D eigenvalue weighted by Crippen LogP contribution is -2.41. The van der Waals surface area contributed by atoms with E-state index in [-0.39, 0.29) is 12.1 Å². The SMILES string of the molecule is COc1ccccc1NC(=O)NCCC1CCN(C(=O)Nc2cccc(Cl)c2)CC1. The Morgan fingerprint density at radius 3 is 2.60 bits per heavy atom. The smallest absolute Gasteiger partial charge is 0.321 e. The molecule has 2 aromatic rings. The number of hydrogen-bond donors (Lipinski definition) is 3. The molecule has 1 aliphatic rings. The molecule has 4 amide bonds. The molecule has 0 unspecified atom stereocenters. The first-order valence-electron chi connectivity index (χ1n) is 10.0. The van der Waals surface area contributed by atoms with Crippen molar-refractivity contribution < 1.29 is 14.3 Å². The van der Waals surface area contributed by atoms with Crippen LogP contribution in [0.25, 0.3) is 0 Å². The molecule has 1 aliphatic heterocycles. The van der Waals surface area contributed by atoms with Gasteiger partial charge in [0.25, 0.3) is 0 Å². The van der Waals surface area contributed by atoms with Crippen LogP contribution in [0.4, 0.5) is 21.0 Å². The number of methoxy groups -OCH3 is 1. The largest absolute Gasteiger partial charge is 0.495 e. The van der Waals surface area contributed by atoms with Crippen molar-refractivity contribution in [3.63, 3.8) is 0 Å². The van der Waals surface area contributed by atoms with Crippen LogP contribution in [0.15, 0.2) is 48.5 Å². The number of carbonyl (C=O) groups is 2. The van der Waals surface area contributed by atoms with Crippen LogP contribution in [0.2, 0.25) is 5.02 Å². The van der Waals surface area contributed by atoms with E-state index in [1.807, 2.05) is 23.1 Å². The van der Waals surface area contributed by atoms with Crippen molar-refractivity contribution in [1.82, 2.24) is 10.2 Å². The molecule has 0 atom stereocenters. The highest BCUT2D eigenvalue weighted by atomic mass is 35.5. The number of nitrogens with one attached hydrogen (secondary N) is 3. The Kier molecular flexibility index (Phi) is 7.79. The van der Waals surface area contributed by atoms with Crippen molar-refractivity contribution in [1.29, 1.82) is 0 Å². The van der Waals surface area contributed by atoms with Gasteiger partial charge in [0.2, 0.25) is 0 Å². The highest BCUT2D eigenvalue weighted by Gasteiger charge is 2.22. The number of urea groups is 2. The number of likely N-dealkylation sites (tertiary alicyclic amines) is 1. The number of benzene rings is 2. The molecule has 0 aliphatic carbocycles. The van der Waals surface area contributed by atoms with Gasteiger partial charge in [-0.25, -0.2) is 9.59 Å². The molecule has 8 heteroatoms. The second-order valence-electron chi connectivity index (χ2n) is 7.24. The zero-order valence-electron chi connectivity index (χ0n) is 17.0. The minimum Gasteiger partial charge on any atom is -0.495 e. The van der Waals surface area contributed by atoms with Crippen molar-refractivity contribution in [2.45, 2.75) is 19.3 Å². The van der Waals surface area contributed by atoms with E-state index in [9.17, 15) is 9.59 Å². The van der Waals surface area contributed by atoms with Gasteiger partial charge in [-0.2, -0.15) is 0 Å². The normalized spacial score (nSPS) is 14.1. The van der Waals surface area contributed by atoms with Gasteiger partial charge in [0.1, 0.15) is 5.75 Å². The highest BCUT2D eigenvalue weighted by Crippen LogP contribution is 2.23. The molecule has 1 fully saturated rings. The summed E-state index contributed by atoms with van der Waals surface area (Å²) >= 11 is 5.96. The standard InChI is InChI=1S/C22H27ClN4O3/c1-30-20-8-3-2-7-19(20)26-21(28)24-12-9-16-10-13-27(14-11-16)22(29)25-18-6-4-5-17(23)15-18/h2-8,15-16H,9-14H2,1H3,(H,25,29)(H2,24,26,28). The molecule has 0 bridgehead atoms. The molecule has 0 aromatic heterocycles. The zero-order valence-corrected chi connectivity index (χ0v) is 17.7. The monoisotopic (exact) mass is 430 g/mol. The molecule has 7 nitrogen and oxygen atoms in total. The minimum absolute atomic E-state index is 0.106. The number of hydrogen-bond acceptors (Lipinski definition) is 3. The number of carbonyl (C=O) groups excluding carboxylic acids is 2. The summed E-state index contributed by atoms with van der Waals surface area (Å²) in [5.74, 6) is 1.10. The maximum atomic E-state index is 12.4. The lowest BCUT2D eigenvalue weighted by atomic mass is 9.94. The molecular weight excluding hydrogens is 404 g/mol. The summed E-state index contributed by atoms with van der Waals surface area (Å²) in [6.45, 7) is 1.98. The molecule has 2 aromatic carbocycles. The molecule has 1 saturated heterocycles. The number of ether oxygens (including phenoxy) is 1. The van der Waals surface area contributed by atoms with E-state index in [4.69, 9.17) is 16.3 Å². The molecule has 3 N–H and O–H groups in total. The van der Waals surface area contributed by atoms with E-state index in [1.165, 1.54) is 0 Å². The van der Waals surface area contributed by atoms with Crippen LogP contribution in [-0.4, -0.2) is 43.7 Å². The molecule has 3 rings (SSSR count). The topological polar surface area (TPSA) is 82.7 Å². The summed E-state index contributed by atoms with van der Waals surface area (Å²) in [5.41, 5.74) is 1.33. The Balaban J connectivity index is 1.35. The summed E-state index contributed by atoms with van der Waals surface area (Å²) in [5, 5.41) is 9.17. The van der Waals surface area contributed by atoms with Gasteiger partial charge in [-0.1, -0.05) is 29.8 Å². The molecule has 1 heterocycles. The van der Waals surface area contributed by atoms with Crippen LogP contribution < -0.4 is 20.7 Å². The number of nitrogens with zero attached hydrogens (tertiary/aromatic N) is 1. The van der Waals surface area contributed by atoms with Crippen molar-refractivity contribution in [2.75, 3.05) is 37.4 Å². The third-order valence-corrected chi connectivity index (χ3v) is 5.41. The van der Waals surface area contributed by atoms with E-state index in [0.717, 1.165) is 19.3 Å². The average molecular weight is 431 g/mol. The van der Waals surface area contributed by atoms with Crippen molar-refractivity contribution in [3.05, 3.63) is 53.6 Å². The van der Waals surface area contributed by atoms with Crippen LogP contribution in [0.1, 0.15) is 19.3 Å². The number of halogens is 1. The van der Waals surface area contributed by atoms with E-state index >= 15 is 0 Å². The van der Waals surface area contributed by atoms with Gasteiger partial charge in [-0.05, 0) is 55.5 Å². The van der Waals surface area contributed by atoms with Crippen LogP contribution in [0.3, 0.4) is 0 Å². The lowest BCUT2D eigenvalue weighted by molar-refractivity contribution is 0.180. The summed E-state index contributed by atoms with van der Waals surface area (Å²) in [7, 11) is 1.57. The molecule has 30 heavy (non-hydrogen) atoms. The summed E-state index contributed by atoms with van der Waals surface area (Å²) in [6, 6.07) is 14.1. The highest BCUT2D eigenvalue weighted by molar-refractivity contribution is 6.30. The fraction of sp³-hybridized carbons (Fsp3) is 0.364. The van der Waals surface area contributed by atoms with E-state index in [1.54, 1.807) is 37.4 Å². The Morgan fingerprint density at radius 2 is 1.87 bits per heavy atom. The quantitative estimate of drug-likeness (QED) is 0.615. The Labute approximate surface area is 181 Å². The van der Waals surface area contributed by atoms with Crippen molar-refractivity contribution in [3.8, 4) is 5.75 Å². The fourth-order valence-corrected chi connectivity index (χ4v) is 3.69. The van der Waals surface area contributed by atoms with E-state index in [2.05, 4.69) is 16.0 Å². The van der Waals surface area contributed by atoms with Gasteiger partial charge in [0, 0.05) is 30.3 Å². The molecular formula is C22H27ClN4O3. The van der Waals surface area contributed by atoms with Crippen molar-refractivity contribution in [2.24, 2.45) is 5.92 Å². The maximum Gasteiger partial charge on any atom is 0.321 e. The fourth-order valence-electron chi connectivity index (χ4n) is 3.50. The minimum atomic E-state index is -0.252. The third-order valence-electron chi connectivity index (χ3n) is 5.17. The van der Waals surface area contributed by atoms with Crippen LogP contribution >= 0.6 is 11.6 Å². The predicted molar refractivity (Wildman–Crippen MR) is 119 cm³/mol. The number of anilines is 2. The Hall–Kier alpha value is -2.93. The summed E-state index contributed by atoms with van der Waals surface area (Å²) < 4.78 is 5.23. The number of para-hydroxylation sites is 2. The van der Waals surface area contributed by atoms with Gasteiger partial charge in [0.05, 0.1) is 12.8 Å². The van der Waals surface area contributed by atoms with Crippen LogP contribution in [0.5, 0.6) is 5.75 Å². The molecule has 160 valence electrons. The zero-order chi connectivity index (χ0) is 21.3. The lowest BCUT2D eigenvalue weighted by Gasteiger charge is -2.32. The molecule has 0 spiro atoms. The van der Waals surface area contributed by atoms with Crippen molar-refractivity contribution >= 4 is 35.0 Å². The average Bonchev–Trinajstić information content (AvgIpc) is 2.74. The van der Waals surface area contributed by atoms with E-state index < -0.39 is 0 Å². The van der Waals surface area contributed by atoms with Gasteiger partial charge in [-0.15, -0.1) is 0 Å². The first kappa shape index (κ1) is 21.8. The van der Waals surface area contributed by atoms with Gasteiger partial charge in [-0.3, -0.25) is 0 Å². The second kappa shape index (κ2) is 10.7. The van der Waals surface area contributed by atoms with Gasteiger partial charge < -0.3 is 25.6 Å². The summed E-state index contributed by atoms with van der Waals surface area (Å²) in [4.78, 5) is 26.3. The second-order valence-corrected chi connectivity index (χ2v) is 7.68. The first-order valence-corrected chi connectivity index (χ1v) is 10.4. The number of piperidine rings is 1. The van der Waals surface area contributed by atoms with E-state index in [0.29, 0.717) is 47.7 Å². The number of rotatable bonds is 6. The number of amides is 4. The molecule has 0 saturated carbocycles. The first-order chi connectivity index (χ1) is 14.5.